The molecule has 0 bridgehead atoms. The van der Waals surface area contributed by atoms with Crippen molar-refractivity contribution in [2.75, 3.05) is 17.1 Å². The number of amidine groups is 1. The van der Waals surface area contributed by atoms with Crippen LogP contribution in [0.15, 0.2) is 24.3 Å². The van der Waals surface area contributed by atoms with Gasteiger partial charge in [-0.2, -0.15) is 0 Å². The topological polar surface area (TPSA) is 105 Å². The van der Waals surface area contributed by atoms with Crippen molar-refractivity contribution in [1.29, 1.82) is 5.41 Å². The van der Waals surface area contributed by atoms with E-state index in [1.54, 1.807) is 24.3 Å². The maximum atomic E-state index is 12.1. The number of para-hydroxylation sites is 2. The maximum absolute atomic E-state index is 12.1. The second-order valence-electron chi connectivity index (χ2n) is 5.73. The van der Waals surface area contributed by atoms with Crippen LogP contribution >= 0.6 is 0 Å². The molecule has 0 spiro atoms. The van der Waals surface area contributed by atoms with Crippen molar-refractivity contribution in [2.24, 2.45) is 11.1 Å². The summed E-state index contributed by atoms with van der Waals surface area (Å²) in [5.74, 6) is 0.221. The fraction of sp³-hybridized carbons (Fsp3) is 0.462. The van der Waals surface area contributed by atoms with Crippen molar-refractivity contribution in [1.82, 2.24) is 0 Å². The number of sulfonamides is 1. The SMILES string of the molecule is CC(C)(C)CS(=O)(=O)Nc1ccccc1OCC(=N)N. The number of nitrogens with one attached hydrogen (secondary N) is 2. The molecule has 1 aromatic rings. The van der Waals surface area contributed by atoms with E-state index in [0.29, 0.717) is 11.4 Å². The van der Waals surface area contributed by atoms with Crippen molar-refractivity contribution < 1.29 is 13.2 Å². The Hall–Kier alpha value is -1.76. The van der Waals surface area contributed by atoms with Gasteiger partial charge < -0.3 is 10.5 Å². The first-order valence-corrected chi connectivity index (χ1v) is 7.79. The molecule has 0 heterocycles. The molecule has 0 aromatic heterocycles. The third-order valence-corrected chi connectivity index (χ3v) is 3.94. The number of nitrogens with two attached hydrogens (primary N) is 1. The lowest BCUT2D eigenvalue weighted by Gasteiger charge is -2.19. The van der Waals surface area contributed by atoms with Gasteiger partial charge in [-0.1, -0.05) is 32.9 Å². The van der Waals surface area contributed by atoms with E-state index in [2.05, 4.69) is 4.72 Å². The van der Waals surface area contributed by atoms with Crippen LogP contribution in [0.4, 0.5) is 5.69 Å². The molecular formula is C13H21N3O3S. The Morgan fingerprint density at radius 2 is 1.95 bits per heavy atom. The van der Waals surface area contributed by atoms with Crippen molar-refractivity contribution in [3.05, 3.63) is 24.3 Å². The van der Waals surface area contributed by atoms with Crippen LogP contribution in [0.5, 0.6) is 5.75 Å². The zero-order valence-electron chi connectivity index (χ0n) is 11.9. The van der Waals surface area contributed by atoms with Crippen molar-refractivity contribution in [2.45, 2.75) is 20.8 Å². The van der Waals surface area contributed by atoms with Gasteiger partial charge >= 0.3 is 0 Å². The smallest absolute Gasteiger partial charge is 0.233 e. The largest absolute Gasteiger partial charge is 0.484 e. The fourth-order valence-electron chi connectivity index (χ4n) is 1.61. The third kappa shape index (κ3) is 5.92. The van der Waals surface area contributed by atoms with Crippen molar-refractivity contribution >= 4 is 21.5 Å². The number of rotatable bonds is 6. The predicted octanol–water partition coefficient (Wildman–Crippen LogP) is 1.79. The Morgan fingerprint density at radius 1 is 1.35 bits per heavy atom. The molecule has 7 heteroatoms. The summed E-state index contributed by atoms with van der Waals surface area (Å²) >= 11 is 0. The summed E-state index contributed by atoms with van der Waals surface area (Å²) in [6, 6.07) is 6.65. The molecule has 112 valence electrons. The van der Waals surface area contributed by atoms with E-state index < -0.39 is 10.0 Å². The minimum atomic E-state index is -3.47. The average Bonchev–Trinajstić information content (AvgIpc) is 2.23. The zero-order valence-corrected chi connectivity index (χ0v) is 12.8. The summed E-state index contributed by atoms with van der Waals surface area (Å²) in [5, 5.41) is 7.13. The molecular weight excluding hydrogens is 278 g/mol. The number of anilines is 1. The summed E-state index contributed by atoms with van der Waals surface area (Å²) in [6.07, 6.45) is 0. The van der Waals surface area contributed by atoms with Crippen LogP contribution in [0, 0.1) is 10.8 Å². The standard InChI is InChI=1S/C13H21N3O3S/c1-13(2,3)9-20(17,18)16-10-6-4-5-7-11(10)19-8-12(14)15/h4-7,16H,8-9H2,1-3H3,(H3,14,15). The van der Waals surface area contributed by atoms with Gasteiger partial charge in [0.1, 0.15) is 18.2 Å². The van der Waals surface area contributed by atoms with Gasteiger partial charge in [-0.3, -0.25) is 10.1 Å². The van der Waals surface area contributed by atoms with E-state index in [1.807, 2.05) is 20.8 Å². The Balaban J connectivity index is 2.89. The van der Waals surface area contributed by atoms with E-state index in [4.69, 9.17) is 15.9 Å². The highest BCUT2D eigenvalue weighted by atomic mass is 32.2. The van der Waals surface area contributed by atoms with Gasteiger partial charge in [-0.25, -0.2) is 8.42 Å². The fourth-order valence-corrected chi connectivity index (χ4v) is 3.32. The zero-order chi connectivity index (χ0) is 15.4. The quantitative estimate of drug-likeness (QED) is 0.550. The van der Waals surface area contributed by atoms with Crippen LogP contribution in [-0.4, -0.2) is 26.6 Å². The first-order chi connectivity index (χ1) is 9.09. The van der Waals surface area contributed by atoms with Gasteiger partial charge in [-0.05, 0) is 17.5 Å². The van der Waals surface area contributed by atoms with Gasteiger partial charge in [0.25, 0.3) is 0 Å². The van der Waals surface area contributed by atoms with E-state index >= 15 is 0 Å². The summed E-state index contributed by atoms with van der Waals surface area (Å²) < 4.78 is 31.9. The van der Waals surface area contributed by atoms with Crippen molar-refractivity contribution in [3.8, 4) is 5.75 Å². The summed E-state index contributed by atoms with van der Waals surface area (Å²) in [5.41, 5.74) is 5.22. The number of benzene rings is 1. The Labute approximate surface area is 119 Å². The number of hydrogen-bond acceptors (Lipinski definition) is 4. The van der Waals surface area contributed by atoms with E-state index in [0.717, 1.165) is 0 Å². The Kier molecular flexibility index (Phi) is 4.99. The van der Waals surface area contributed by atoms with Crippen molar-refractivity contribution in [3.63, 3.8) is 0 Å². The summed E-state index contributed by atoms with van der Waals surface area (Å²) in [6.45, 7) is 5.47. The molecule has 0 radical (unpaired) electrons. The highest BCUT2D eigenvalue weighted by Gasteiger charge is 2.22. The Morgan fingerprint density at radius 3 is 2.50 bits per heavy atom. The summed E-state index contributed by atoms with van der Waals surface area (Å²) in [7, 11) is -3.47. The molecule has 0 saturated heterocycles. The third-order valence-electron chi connectivity index (χ3n) is 2.16. The van der Waals surface area contributed by atoms with E-state index in [-0.39, 0.29) is 23.6 Å². The van der Waals surface area contributed by atoms with Gasteiger partial charge in [0.2, 0.25) is 10.0 Å². The van der Waals surface area contributed by atoms with E-state index in [1.165, 1.54) is 0 Å². The van der Waals surface area contributed by atoms with Crippen LogP contribution in [0.2, 0.25) is 0 Å². The molecule has 4 N–H and O–H groups in total. The first-order valence-electron chi connectivity index (χ1n) is 6.14. The molecule has 6 nitrogen and oxygen atoms in total. The minimum absolute atomic E-state index is 0.00103. The molecule has 0 fully saturated rings. The second kappa shape index (κ2) is 6.13. The normalized spacial score (nSPS) is 11.9. The molecule has 1 rings (SSSR count). The van der Waals surface area contributed by atoms with Crippen LogP contribution in [0.3, 0.4) is 0 Å². The van der Waals surface area contributed by atoms with Gasteiger partial charge in [0, 0.05) is 0 Å². The molecule has 0 aliphatic heterocycles. The van der Waals surface area contributed by atoms with E-state index in [9.17, 15) is 8.42 Å². The highest BCUT2D eigenvalue weighted by Crippen LogP contribution is 2.26. The Bertz CT molecular complexity index is 577. The maximum Gasteiger partial charge on any atom is 0.233 e. The lowest BCUT2D eigenvalue weighted by Crippen LogP contribution is -2.26. The molecule has 0 aliphatic rings. The average molecular weight is 299 g/mol. The van der Waals surface area contributed by atoms with Gasteiger partial charge in [0.15, 0.2) is 0 Å². The van der Waals surface area contributed by atoms with Gasteiger partial charge in [0.05, 0.1) is 11.4 Å². The molecule has 0 unspecified atom stereocenters. The molecule has 0 aliphatic carbocycles. The van der Waals surface area contributed by atoms with Crippen LogP contribution in [0.1, 0.15) is 20.8 Å². The summed E-state index contributed by atoms with van der Waals surface area (Å²) in [4.78, 5) is 0. The van der Waals surface area contributed by atoms with Crippen LogP contribution in [0.25, 0.3) is 0 Å². The molecule has 20 heavy (non-hydrogen) atoms. The molecule has 0 atom stereocenters. The second-order valence-corrected chi connectivity index (χ2v) is 7.45. The number of hydrogen-bond donors (Lipinski definition) is 3. The molecule has 0 saturated carbocycles. The predicted molar refractivity (Wildman–Crippen MR) is 80.7 cm³/mol. The number of ether oxygens (including phenoxy) is 1. The highest BCUT2D eigenvalue weighted by molar-refractivity contribution is 7.92. The van der Waals surface area contributed by atoms with Gasteiger partial charge in [-0.15, -0.1) is 0 Å². The van der Waals surface area contributed by atoms with Crippen LogP contribution in [-0.2, 0) is 10.0 Å². The first kappa shape index (κ1) is 16.3. The molecule has 1 aromatic carbocycles. The lowest BCUT2D eigenvalue weighted by molar-refractivity contribution is 0.376. The monoisotopic (exact) mass is 299 g/mol. The molecule has 0 amide bonds. The lowest BCUT2D eigenvalue weighted by atomic mass is 10.0. The minimum Gasteiger partial charge on any atom is -0.484 e. The van der Waals surface area contributed by atoms with Crippen LogP contribution < -0.4 is 15.2 Å².